The third kappa shape index (κ3) is 5.18. The van der Waals surface area contributed by atoms with Gasteiger partial charge in [0.05, 0.1) is 13.5 Å². The van der Waals surface area contributed by atoms with Crippen molar-refractivity contribution in [2.24, 2.45) is 5.18 Å². The van der Waals surface area contributed by atoms with Crippen LogP contribution >= 0.6 is 0 Å². The largest absolute Gasteiger partial charge is 0.469 e. The van der Waals surface area contributed by atoms with Gasteiger partial charge in [0.25, 0.3) is 0 Å². The average Bonchev–Trinajstić information content (AvgIpc) is 2.28. The van der Waals surface area contributed by atoms with Crippen LogP contribution in [0.25, 0.3) is 0 Å². The molecule has 0 fully saturated rings. The molecule has 0 aromatic rings. The molecule has 2 unspecified atom stereocenters. The first-order valence-electron chi connectivity index (χ1n) is 5.07. The molecular formula is C10H19NO5. The quantitative estimate of drug-likeness (QED) is 0.360. The summed E-state index contributed by atoms with van der Waals surface area (Å²) in [5, 5.41) is 2.97. The van der Waals surface area contributed by atoms with Crippen LogP contribution in [0.3, 0.4) is 0 Å². The van der Waals surface area contributed by atoms with E-state index in [2.05, 4.69) is 9.91 Å². The first-order chi connectivity index (χ1) is 7.51. The van der Waals surface area contributed by atoms with Crippen LogP contribution in [0.15, 0.2) is 5.18 Å². The fourth-order valence-corrected chi connectivity index (χ4v) is 1.28. The minimum absolute atomic E-state index is 0.0834. The highest BCUT2D eigenvalue weighted by Crippen LogP contribution is 2.24. The van der Waals surface area contributed by atoms with E-state index in [1.165, 1.54) is 14.2 Å². The molecular weight excluding hydrogens is 214 g/mol. The number of hydrogen-bond acceptors (Lipinski definition) is 6. The second-order valence-corrected chi connectivity index (χ2v) is 3.67. The monoisotopic (exact) mass is 233 g/mol. The Bertz CT molecular complexity index is 233. The van der Waals surface area contributed by atoms with Gasteiger partial charge in [-0.15, -0.1) is 0 Å². The van der Waals surface area contributed by atoms with Gasteiger partial charge in [0.1, 0.15) is 5.54 Å². The van der Waals surface area contributed by atoms with Gasteiger partial charge < -0.3 is 14.2 Å². The van der Waals surface area contributed by atoms with E-state index in [0.717, 1.165) is 0 Å². The molecule has 0 aromatic heterocycles. The van der Waals surface area contributed by atoms with Crippen LogP contribution in [-0.4, -0.2) is 38.6 Å². The minimum atomic E-state index is -1.07. The summed E-state index contributed by atoms with van der Waals surface area (Å²) in [7, 11) is 2.74. The van der Waals surface area contributed by atoms with Crippen molar-refractivity contribution in [3.63, 3.8) is 0 Å². The highest BCUT2D eigenvalue weighted by molar-refractivity contribution is 5.70. The maximum atomic E-state index is 11.1. The Balaban J connectivity index is 4.44. The molecule has 0 aliphatic heterocycles. The summed E-state index contributed by atoms with van der Waals surface area (Å²) in [6.45, 7) is 3.85. The van der Waals surface area contributed by atoms with Gasteiger partial charge in [-0.25, -0.2) is 0 Å². The standard InChI is InChI=1S/C10H19NO5/c1-5-16-9(15-4)7-10(2,11-13)6-8(12)14-3/h9H,5-7H2,1-4H3. The molecule has 0 radical (unpaired) electrons. The van der Waals surface area contributed by atoms with E-state index in [9.17, 15) is 9.70 Å². The molecule has 94 valence electrons. The predicted octanol–water partition coefficient (Wildman–Crippen LogP) is 1.47. The molecule has 0 saturated heterocycles. The number of carbonyl (C=O) groups excluding carboxylic acids is 1. The Labute approximate surface area is 95.2 Å². The zero-order chi connectivity index (χ0) is 12.6. The van der Waals surface area contributed by atoms with Crippen molar-refractivity contribution in [3.8, 4) is 0 Å². The van der Waals surface area contributed by atoms with Gasteiger partial charge in [-0.2, -0.15) is 4.91 Å². The third-order valence-electron chi connectivity index (χ3n) is 2.20. The van der Waals surface area contributed by atoms with Gasteiger partial charge in [-0.3, -0.25) is 4.79 Å². The van der Waals surface area contributed by atoms with Crippen molar-refractivity contribution in [2.45, 2.75) is 38.5 Å². The molecule has 2 atom stereocenters. The first-order valence-corrected chi connectivity index (χ1v) is 5.07. The molecule has 16 heavy (non-hydrogen) atoms. The lowest BCUT2D eigenvalue weighted by Crippen LogP contribution is -2.33. The smallest absolute Gasteiger partial charge is 0.308 e. The summed E-state index contributed by atoms with van der Waals surface area (Å²) in [4.78, 5) is 21.9. The molecule has 6 heteroatoms. The second kappa shape index (κ2) is 7.29. The fraction of sp³-hybridized carbons (Fsp3) is 0.900. The van der Waals surface area contributed by atoms with E-state index in [1.807, 2.05) is 6.92 Å². The SMILES string of the molecule is CCOC(CC(C)(CC(=O)OC)N=O)OC. The number of carbonyl (C=O) groups is 1. The van der Waals surface area contributed by atoms with Crippen LogP contribution in [0.1, 0.15) is 26.7 Å². The average molecular weight is 233 g/mol. The molecule has 0 heterocycles. The topological polar surface area (TPSA) is 74.2 Å². The van der Waals surface area contributed by atoms with Gasteiger partial charge in [-0.05, 0) is 13.8 Å². The summed E-state index contributed by atoms with van der Waals surface area (Å²) in [5.41, 5.74) is -1.07. The fourth-order valence-electron chi connectivity index (χ4n) is 1.28. The van der Waals surface area contributed by atoms with E-state index in [4.69, 9.17) is 9.47 Å². The molecule has 0 aliphatic rings. The zero-order valence-electron chi connectivity index (χ0n) is 10.2. The maximum absolute atomic E-state index is 11.1. The lowest BCUT2D eigenvalue weighted by Gasteiger charge is -2.24. The maximum Gasteiger partial charge on any atom is 0.308 e. The Morgan fingerprint density at radius 1 is 1.44 bits per heavy atom. The van der Waals surface area contributed by atoms with Crippen molar-refractivity contribution >= 4 is 5.97 Å². The predicted molar refractivity (Wildman–Crippen MR) is 57.9 cm³/mol. The highest BCUT2D eigenvalue weighted by Gasteiger charge is 2.33. The molecule has 0 aliphatic carbocycles. The van der Waals surface area contributed by atoms with Crippen molar-refractivity contribution in [1.82, 2.24) is 0 Å². The van der Waals surface area contributed by atoms with Crippen LogP contribution in [0, 0.1) is 4.91 Å². The van der Waals surface area contributed by atoms with Crippen LogP contribution in [0.5, 0.6) is 0 Å². The van der Waals surface area contributed by atoms with E-state index in [1.54, 1.807) is 6.92 Å². The van der Waals surface area contributed by atoms with Crippen molar-refractivity contribution in [3.05, 3.63) is 4.91 Å². The summed E-state index contributed by atoms with van der Waals surface area (Å²) in [5.74, 6) is -0.478. The van der Waals surface area contributed by atoms with E-state index < -0.39 is 17.8 Å². The summed E-state index contributed by atoms with van der Waals surface area (Å²) in [6.07, 6.45) is -0.409. The van der Waals surface area contributed by atoms with Crippen LogP contribution < -0.4 is 0 Å². The zero-order valence-corrected chi connectivity index (χ0v) is 10.2. The first kappa shape index (κ1) is 15.0. The summed E-state index contributed by atoms with van der Waals surface area (Å²) < 4.78 is 14.8. The van der Waals surface area contributed by atoms with Crippen molar-refractivity contribution < 1.29 is 19.0 Å². The Morgan fingerprint density at radius 2 is 2.06 bits per heavy atom. The molecule has 0 N–H and O–H groups in total. The van der Waals surface area contributed by atoms with Gasteiger partial charge in [0.15, 0.2) is 6.29 Å². The van der Waals surface area contributed by atoms with Crippen LogP contribution in [-0.2, 0) is 19.0 Å². The van der Waals surface area contributed by atoms with Gasteiger partial charge in [-0.1, -0.05) is 5.18 Å². The Hall–Kier alpha value is -1.01. The Morgan fingerprint density at radius 3 is 2.44 bits per heavy atom. The van der Waals surface area contributed by atoms with E-state index >= 15 is 0 Å². The molecule has 0 saturated carbocycles. The van der Waals surface area contributed by atoms with Crippen molar-refractivity contribution in [2.75, 3.05) is 20.8 Å². The molecule has 0 rings (SSSR count). The lowest BCUT2D eigenvalue weighted by atomic mass is 9.94. The molecule has 0 bridgehead atoms. The van der Waals surface area contributed by atoms with Gasteiger partial charge in [0, 0.05) is 20.1 Å². The number of nitroso groups, excluding NO2 is 1. The van der Waals surface area contributed by atoms with Crippen LogP contribution in [0.4, 0.5) is 0 Å². The molecule has 6 nitrogen and oxygen atoms in total. The van der Waals surface area contributed by atoms with E-state index in [0.29, 0.717) is 6.61 Å². The Kier molecular flexibility index (Phi) is 6.83. The molecule has 0 aromatic carbocycles. The summed E-state index contributed by atoms with van der Waals surface area (Å²) in [6, 6.07) is 0. The summed E-state index contributed by atoms with van der Waals surface area (Å²) >= 11 is 0. The van der Waals surface area contributed by atoms with Gasteiger partial charge in [0.2, 0.25) is 0 Å². The highest BCUT2D eigenvalue weighted by atomic mass is 16.7. The number of rotatable bonds is 8. The molecule has 0 spiro atoms. The van der Waals surface area contributed by atoms with Crippen LogP contribution in [0.2, 0.25) is 0 Å². The molecule has 0 amide bonds. The minimum Gasteiger partial charge on any atom is -0.469 e. The van der Waals surface area contributed by atoms with Gasteiger partial charge >= 0.3 is 5.97 Å². The third-order valence-corrected chi connectivity index (χ3v) is 2.20. The number of nitrogens with zero attached hydrogens (tertiary/aromatic N) is 1. The van der Waals surface area contributed by atoms with E-state index in [-0.39, 0.29) is 12.8 Å². The van der Waals surface area contributed by atoms with Crippen molar-refractivity contribution in [1.29, 1.82) is 0 Å². The number of methoxy groups -OCH3 is 2. The second-order valence-electron chi connectivity index (χ2n) is 3.67. The lowest BCUT2D eigenvalue weighted by molar-refractivity contribution is -0.146. The number of hydrogen-bond donors (Lipinski definition) is 0. The number of ether oxygens (including phenoxy) is 3. The normalized spacial score (nSPS) is 16.2. The number of esters is 1.